The monoisotopic (exact) mass is 475 g/mol. The van der Waals surface area contributed by atoms with Gasteiger partial charge in [-0.15, -0.1) is 0 Å². The molecule has 0 aliphatic rings. The van der Waals surface area contributed by atoms with Crippen molar-refractivity contribution in [1.29, 1.82) is 0 Å². The largest absolute Gasteiger partial charge is 0.496 e. The number of esters is 1. The van der Waals surface area contributed by atoms with Crippen LogP contribution in [0.2, 0.25) is 0 Å². The molecule has 3 rings (SSSR count). The van der Waals surface area contributed by atoms with Gasteiger partial charge in [-0.3, -0.25) is 9.59 Å². The maximum atomic E-state index is 12.4. The standard InChI is InChI=1S/C26H25N3O6/c1-4-34-20-15-11-19(12-16-20)27-24(30)25(31)29-28-17(2)18-9-13-21(14-10-18)35-26(32)22-7-5-6-8-23(22)33-3/h5-16H,4H2,1-3H3,(H,27,30)(H,29,31)/b28-17+. The van der Waals surface area contributed by atoms with Crippen molar-refractivity contribution in [1.82, 2.24) is 5.43 Å². The van der Waals surface area contributed by atoms with E-state index in [9.17, 15) is 14.4 Å². The summed E-state index contributed by atoms with van der Waals surface area (Å²) in [6.07, 6.45) is 0. The Hall–Kier alpha value is -4.66. The summed E-state index contributed by atoms with van der Waals surface area (Å²) in [5, 5.41) is 6.46. The van der Waals surface area contributed by atoms with Crippen LogP contribution in [0.15, 0.2) is 77.9 Å². The van der Waals surface area contributed by atoms with E-state index in [1.807, 2.05) is 6.92 Å². The lowest BCUT2D eigenvalue weighted by atomic mass is 10.1. The van der Waals surface area contributed by atoms with E-state index in [1.54, 1.807) is 79.7 Å². The molecule has 0 atom stereocenters. The molecule has 0 heterocycles. The molecule has 35 heavy (non-hydrogen) atoms. The van der Waals surface area contributed by atoms with E-state index in [4.69, 9.17) is 14.2 Å². The van der Waals surface area contributed by atoms with Crippen molar-refractivity contribution in [3.05, 3.63) is 83.9 Å². The first kappa shape index (κ1) is 25.0. The van der Waals surface area contributed by atoms with Crippen molar-refractivity contribution in [2.75, 3.05) is 19.0 Å². The highest BCUT2D eigenvalue weighted by Gasteiger charge is 2.15. The van der Waals surface area contributed by atoms with E-state index >= 15 is 0 Å². The molecule has 0 aromatic heterocycles. The molecular weight excluding hydrogens is 450 g/mol. The average Bonchev–Trinajstić information content (AvgIpc) is 2.88. The third-order valence-corrected chi connectivity index (χ3v) is 4.76. The molecule has 2 N–H and O–H groups in total. The number of rotatable bonds is 8. The molecule has 0 aliphatic heterocycles. The van der Waals surface area contributed by atoms with Gasteiger partial charge < -0.3 is 19.5 Å². The highest BCUT2D eigenvalue weighted by molar-refractivity contribution is 6.39. The zero-order valence-electron chi connectivity index (χ0n) is 19.5. The molecule has 3 aromatic rings. The fraction of sp³-hybridized carbons (Fsp3) is 0.154. The topological polar surface area (TPSA) is 115 Å². The fourth-order valence-electron chi connectivity index (χ4n) is 2.98. The molecule has 0 saturated heterocycles. The Balaban J connectivity index is 1.55. The molecule has 0 unspecified atom stereocenters. The second kappa shape index (κ2) is 12.0. The number of nitrogens with one attached hydrogen (secondary N) is 2. The van der Waals surface area contributed by atoms with Gasteiger partial charge in [0.1, 0.15) is 22.8 Å². The predicted octanol–water partition coefficient (Wildman–Crippen LogP) is 3.79. The molecule has 0 spiro atoms. The van der Waals surface area contributed by atoms with Crippen LogP contribution in [-0.4, -0.2) is 37.2 Å². The third-order valence-electron chi connectivity index (χ3n) is 4.76. The van der Waals surface area contributed by atoms with Crippen LogP contribution in [-0.2, 0) is 9.59 Å². The summed E-state index contributed by atoms with van der Waals surface area (Å²) in [5.74, 6) is -0.914. The van der Waals surface area contributed by atoms with Gasteiger partial charge >= 0.3 is 17.8 Å². The van der Waals surface area contributed by atoms with E-state index in [0.29, 0.717) is 46.4 Å². The quantitative estimate of drug-likeness (QED) is 0.168. The zero-order chi connectivity index (χ0) is 25.2. The Morgan fingerprint density at radius 1 is 0.857 bits per heavy atom. The minimum atomic E-state index is -0.916. The Labute approximate surface area is 202 Å². The number of para-hydroxylation sites is 1. The van der Waals surface area contributed by atoms with Crippen LogP contribution in [0.5, 0.6) is 17.2 Å². The molecule has 3 aromatic carbocycles. The highest BCUT2D eigenvalue weighted by Crippen LogP contribution is 2.21. The van der Waals surface area contributed by atoms with Gasteiger partial charge in [0, 0.05) is 5.69 Å². The number of hydrazone groups is 1. The first-order valence-corrected chi connectivity index (χ1v) is 10.8. The molecule has 9 heteroatoms. The van der Waals surface area contributed by atoms with Gasteiger partial charge in [-0.25, -0.2) is 10.2 Å². The first-order chi connectivity index (χ1) is 16.9. The number of hydrogen-bond donors (Lipinski definition) is 2. The Kier molecular flexibility index (Phi) is 8.55. The van der Waals surface area contributed by atoms with Crippen molar-refractivity contribution in [2.45, 2.75) is 13.8 Å². The SMILES string of the molecule is CCOc1ccc(NC(=O)C(=O)N/N=C(\C)c2ccc(OC(=O)c3ccccc3OC)cc2)cc1. The average molecular weight is 476 g/mol. The van der Waals surface area contributed by atoms with Gasteiger partial charge in [0.15, 0.2) is 0 Å². The number of carbonyl (C=O) groups excluding carboxylic acids is 3. The number of benzene rings is 3. The van der Waals surface area contributed by atoms with Gasteiger partial charge in [-0.2, -0.15) is 5.10 Å². The summed E-state index contributed by atoms with van der Waals surface area (Å²) < 4.78 is 15.9. The van der Waals surface area contributed by atoms with Crippen LogP contribution in [0.4, 0.5) is 5.69 Å². The first-order valence-electron chi connectivity index (χ1n) is 10.8. The fourth-order valence-corrected chi connectivity index (χ4v) is 2.98. The molecule has 0 saturated carbocycles. The van der Waals surface area contributed by atoms with Crippen LogP contribution in [0.3, 0.4) is 0 Å². The Morgan fingerprint density at radius 3 is 2.17 bits per heavy atom. The molecule has 0 radical (unpaired) electrons. The molecule has 2 amide bonds. The lowest BCUT2D eigenvalue weighted by molar-refractivity contribution is -0.136. The number of nitrogens with zero attached hydrogens (tertiary/aromatic N) is 1. The van der Waals surface area contributed by atoms with Crippen LogP contribution in [0, 0.1) is 0 Å². The Bertz CT molecular complexity index is 1220. The Morgan fingerprint density at radius 2 is 1.51 bits per heavy atom. The maximum absolute atomic E-state index is 12.4. The van der Waals surface area contributed by atoms with E-state index < -0.39 is 17.8 Å². The van der Waals surface area contributed by atoms with E-state index in [0.717, 1.165) is 0 Å². The third kappa shape index (κ3) is 6.91. The summed E-state index contributed by atoms with van der Waals surface area (Å²) >= 11 is 0. The van der Waals surface area contributed by atoms with Crippen molar-refractivity contribution in [3.8, 4) is 17.2 Å². The minimum absolute atomic E-state index is 0.308. The summed E-state index contributed by atoms with van der Waals surface area (Å²) in [4.78, 5) is 36.6. The van der Waals surface area contributed by atoms with Crippen LogP contribution in [0.25, 0.3) is 0 Å². The van der Waals surface area contributed by atoms with Crippen molar-refractivity contribution in [2.24, 2.45) is 5.10 Å². The van der Waals surface area contributed by atoms with Crippen molar-refractivity contribution >= 4 is 29.2 Å². The summed E-state index contributed by atoms with van der Waals surface area (Å²) in [6, 6.07) is 20.0. The molecule has 0 bridgehead atoms. The zero-order valence-corrected chi connectivity index (χ0v) is 19.5. The highest BCUT2D eigenvalue weighted by atomic mass is 16.5. The second-order valence-electron chi connectivity index (χ2n) is 7.16. The number of anilines is 1. The lowest BCUT2D eigenvalue weighted by Crippen LogP contribution is -2.32. The van der Waals surface area contributed by atoms with Gasteiger partial charge in [-0.05, 0) is 80.1 Å². The van der Waals surface area contributed by atoms with Gasteiger partial charge in [-0.1, -0.05) is 12.1 Å². The molecule has 180 valence electrons. The smallest absolute Gasteiger partial charge is 0.347 e. The van der Waals surface area contributed by atoms with Gasteiger partial charge in [0.2, 0.25) is 0 Å². The molecule has 9 nitrogen and oxygen atoms in total. The number of hydrogen-bond acceptors (Lipinski definition) is 7. The van der Waals surface area contributed by atoms with Gasteiger partial charge in [0.05, 0.1) is 19.4 Å². The number of ether oxygens (including phenoxy) is 3. The summed E-state index contributed by atoms with van der Waals surface area (Å²) in [7, 11) is 1.48. The van der Waals surface area contributed by atoms with E-state index in [1.165, 1.54) is 7.11 Å². The predicted molar refractivity (Wildman–Crippen MR) is 131 cm³/mol. The second-order valence-corrected chi connectivity index (χ2v) is 7.16. The van der Waals surface area contributed by atoms with E-state index in [2.05, 4.69) is 15.8 Å². The molecule has 0 aliphatic carbocycles. The normalized spacial score (nSPS) is 10.8. The number of methoxy groups -OCH3 is 1. The number of carbonyl (C=O) groups is 3. The minimum Gasteiger partial charge on any atom is -0.496 e. The number of amides is 2. The van der Waals surface area contributed by atoms with Crippen LogP contribution < -0.4 is 25.0 Å². The van der Waals surface area contributed by atoms with Gasteiger partial charge in [0.25, 0.3) is 0 Å². The van der Waals surface area contributed by atoms with Crippen molar-refractivity contribution < 1.29 is 28.6 Å². The van der Waals surface area contributed by atoms with Crippen LogP contribution in [0.1, 0.15) is 29.8 Å². The van der Waals surface area contributed by atoms with Crippen molar-refractivity contribution in [3.63, 3.8) is 0 Å². The van der Waals surface area contributed by atoms with Crippen LogP contribution >= 0.6 is 0 Å². The molecule has 0 fully saturated rings. The van der Waals surface area contributed by atoms with E-state index in [-0.39, 0.29) is 0 Å². The lowest BCUT2D eigenvalue weighted by Gasteiger charge is -2.09. The molecular formula is C26H25N3O6. The maximum Gasteiger partial charge on any atom is 0.347 e. The summed E-state index contributed by atoms with van der Waals surface area (Å²) in [6.45, 7) is 4.07. The summed E-state index contributed by atoms with van der Waals surface area (Å²) in [5.41, 5.74) is 4.10.